The molecule has 3 atom stereocenters. The summed E-state index contributed by atoms with van der Waals surface area (Å²) in [5.41, 5.74) is 8.29. The van der Waals surface area contributed by atoms with Crippen LogP contribution in [-0.4, -0.2) is 75.5 Å². The Morgan fingerprint density at radius 3 is 2.17 bits per heavy atom. The number of aromatic amines is 2. The number of H-pyrrole nitrogens is 2. The summed E-state index contributed by atoms with van der Waals surface area (Å²) in [6.07, 6.45) is 6.26. The summed E-state index contributed by atoms with van der Waals surface area (Å²) in [7, 11) is 1.31. The van der Waals surface area contributed by atoms with Crippen LogP contribution in [0.1, 0.15) is 89.0 Å². The number of carbonyl (C=O) groups is 3. The smallest absolute Gasteiger partial charge is 0.407 e. The lowest BCUT2D eigenvalue weighted by molar-refractivity contribution is -0.135. The summed E-state index contributed by atoms with van der Waals surface area (Å²) in [6.45, 7) is 10.0. The van der Waals surface area contributed by atoms with Crippen molar-refractivity contribution in [3.63, 3.8) is 0 Å². The van der Waals surface area contributed by atoms with E-state index in [9.17, 15) is 14.4 Å². The van der Waals surface area contributed by atoms with Gasteiger partial charge in [0.15, 0.2) is 0 Å². The Balaban J connectivity index is 1.07. The number of carbonyl (C=O) groups excluding carboxylic acids is 3. The molecule has 3 amide bonds. The molecule has 5 heterocycles. The Hall–Kier alpha value is -5.06. The topological polar surface area (TPSA) is 133 Å². The molecule has 0 spiro atoms. The average molecular weight is 707 g/mol. The minimum absolute atomic E-state index is 0.00679. The molecule has 0 saturated carbocycles. The van der Waals surface area contributed by atoms with Gasteiger partial charge in [0.1, 0.15) is 17.6 Å². The standard InChI is InChI=1S/C41H50N6O5/c1-24(2)22-34(48)46-19-7-9-33(46)39-42-23-31(43-39)28-14-10-26(11-15-28)27-12-16-29(17-13-27)36-38-30(18-21-52-38)37(44-36)32-8-6-20-47(32)40(49)35(25(3)4)45-41(50)51-5/h10-17,23-25,32-33,35,44H,6-9,18-22H2,1-5H3,(H,42,43)(H,45,50)/t32-,33-,35-/m0/s1. The van der Waals surface area contributed by atoms with E-state index < -0.39 is 12.1 Å². The van der Waals surface area contributed by atoms with Crippen molar-refractivity contribution in [3.8, 4) is 39.4 Å². The number of alkyl carbamates (subject to hydrolysis) is 1. The number of likely N-dealkylation sites (tertiary alicyclic amines) is 2. The van der Waals surface area contributed by atoms with Crippen LogP contribution in [-0.2, 0) is 20.7 Å². The predicted octanol–water partition coefficient (Wildman–Crippen LogP) is 7.43. The summed E-state index contributed by atoms with van der Waals surface area (Å²) in [5.74, 6) is 2.08. The predicted molar refractivity (Wildman–Crippen MR) is 199 cm³/mol. The minimum Gasteiger partial charge on any atom is -0.491 e. The lowest BCUT2D eigenvalue weighted by atomic mass is 10.00. The van der Waals surface area contributed by atoms with Gasteiger partial charge in [0, 0.05) is 42.8 Å². The first kappa shape index (κ1) is 35.3. The zero-order chi connectivity index (χ0) is 36.5. The van der Waals surface area contributed by atoms with E-state index in [2.05, 4.69) is 77.7 Å². The zero-order valence-corrected chi connectivity index (χ0v) is 30.8. The number of rotatable bonds is 10. The maximum atomic E-state index is 13.8. The van der Waals surface area contributed by atoms with Crippen LogP contribution in [0.15, 0.2) is 54.7 Å². The van der Waals surface area contributed by atoms with Crippen LogP contribution in [0.4, 0.5) is 4.79 Å². The molecule has 3 N–H and O–H groups in total. The van der Waals surface area contributed by atoms with Gasteiger partial charge in [-0.15, -0.1) is 0 Å². The Bertz CT molecular complexity index is 1910. The quantitative estimate of drug-likeness (QED) is 0.157. The van der Waals surface area contributed by atoms with Crippen LogP contribution in [0.3, 0.4) is 0 Å². The van der Waals surface area contributed by atoms with E-state index in [4.69, 9.17) is 14.5 Å². The van der Waals surface area contributed by atoms with Crippen molar-refractivity contribution in [2.75, 3.05) is 26.8 Å². The van der Waals surface area contributed by atoms with E-state index in [1.807, 2.05) is 29.8 Å². The minimum atomic E-state index is -0.667. The second-order valence-corrected chi connectivity index (χ2v) is 15.0. The molecule has 2 aromatic heterocycles. The Kier molecular flexibility index (Phi) is 10.1. The van der Waals surface area contributed by atoms with E-state index >= 15 is 0 Å². The first-order valence-electron chi connectivity index (χ1n) is 18.7. The molecule has 2 fully saturated rings. The Morgan fingerprint density at radius 2 is 1.52 bits per heavy atom. The lowest BCUT2D eigenvalue weighted by Crippen LogP contribution is -2.51. The summed E-state index contributed by atoms with van der Waals surface area (Å²) >= 11 is 0. The summed E-state index contributed by atoms with van der Waals surface area (Å²) in [4.78, 5) is 54.5. The van der Waals surface area contributed by atoms with Gasteiger partial charge in [-0.3, -0.25) is 9.59 Å². The molecule has 52 heavy (non-hydrogen) atoms. The molecule has 3 aliphatic rings. The van der Waals surface area contributed by atoms with E-state index in [1.54, 1.807) is 0 Å². The van der Waals surface area contributed by atoms with Gasteiger partial charge in [-0.1, -0.05) is 76.2 Å². The van der Waals surface area contributed by atoms with Crippen molar-refractivity contribution in [1.82, 2.24) is 30.1 Å². The van der Waals surface area contributed by atoms with Crippen molar-refractivity contribution >= 4 is 17.9 Å². The van der Waals surface area contributed by atoms with Crippen LogP contribution in [0.5, 0.6) is 5.75 Å². The fourth-order valence-electron chi connectivity index (χ4n) is 8.04. The zero-order valence-electron chi connectivity index (χ0n) is 30.8. The number of hydrogen-bond acceptors (Lipinski definition) is 6. The molecule has 2 aromatic carbocycles. The number of aromatic nitrogens is 3. The van der Waals surface area contributed by atoms with Crippen LogP contribution in [0.2, 0.25) is 0 Å². The van der Waals surface area contributed by atoms with E-state index in [1.165, 1.54) is 7.11 Å². The van der Waals surface area contributed by atoms with Crippen molar-refractivity contribution in [2.45, 2.75) is 84.3 Å². The van der Waals surface area contributed by atoms with Crippen LogP contribution in [0, 0.1) is 11.8 Å². The van der Waals surface area contributed by atoms with Gasteiger partial charge < -0.3 is 34.6 Å². The molecule has 11 nitrogen and oxygen atoms in total. The van der Waals surface area contributed by atoms with Gasteiger partial charge in [0.2, 0.25) is 11.8 Å². The number of ether oxygens (including phenoxy) is 2. The molecule has 3 aliphatic heterocycles. The highest BCUT2D eigenvalue weighted by atomic mass is 16.5. The van der Waals surface area contributed by atoms with E-state index in [-0.39, 0.29) is 29.8 Å². The number of hydrogen-bond donors (Lipinski definition) is 3. The lowest BCUT2D eigenvalue weighted by Gasteiger charge is -2.30. The molecule has 7 rings (SSSR count). The van der Waals surface area contributed by atoms with E-state index in [0.29, 0.717) is 25.5 Å². The number of benzene rings is 2. The Labute approximate surface area is 305 Å². The fraction of sp³-hybridized carbons (Fsp3) is 0.463. The number of nitrogens with one attached hydrogen (secondary N) is 3. The van der Waals surface area contributed by atoms with Crippen molar-refractivity contribution < 1.29 is 23.9 Å². The van der Waals surface area contributed by atoms with Gasteiger partial charge >= 0.3 is 6.09 Å². The van der Waals surface area contributed by atoms with E-state index in [0.717, 1.165) is 95.1 Å². The monoisotopic (exact) mass is 706 g/mol. The first-order chi connectivity index (χ1) is 25.1. The highest BCUT2D eigenvalue weighted by Crippen LogP contribution is 2.45. The fourth-order valence-corrected chi connectivity index (χ4v) is 8.04. The Morgan fingerprint density at radius 1 is 0.885 bits per heavy atom. The molecule has 4 aromatic rings. The molecule has 0 unspecified atom stereocenters. The molecular weight excluding hydrogens is 656 g/mol. The summed E-state index contributed by atoms with van der Waals surface area (Å²) in [5, 5.41) is 2.75. The number of methoxy groups -OCH3 is 1. The summed E-state index contributed by atoms with van der Waals surface area (Å²) in [6, 6.07) is 16.2. The van der Waals surface area contributed by atoms with Gasteiger partial charge in [0.25, 0.3) is 0 Å². The molecule has 11 heteroatoms. The maximum Gasteiger partial charge on any atom is 0.407 e. The maximum absolute atomic E-state index is 13.8. The van der Waals surface area contributed by atoms with Gasteiger partial charge in [-0.25, -0.2) is 9.78 Å². The van der Waals surface area contributed by atoms with Gasteiger partial charge in [0.05, 0.1) is 43.4 Å². The van der Waals surface area contributed by atoms with Crippen molar-refractivity contribution in [2.24, 2.45) is 11.8 Å². The first-order valence-corrected chi connectivity index (χ1v) is 18.7. The third-order valence-corrected chi connectivity index (χ3v) is 10.7. The third-order valence-electron chi connectivity index (χ3n) is 10.7. The van der Waals surface area contributed by atoms with Crippen LogP contribution in [0.25, 0.3) is 33.6 Å². The SMILES string of the molecule is COC(=O)N[C@H](C(=O)N1CCC[C@H]1c1[nH]c(-c2ccc(-c3ccc(-c4cnc([C@@H]5CCCN5C(=O)CC(C)C)[nH]4)cc3)cc2)c2c1CCO2)C(C)C. The molecular formula is C41H50N6O5. The molecule has 0 radical (unpaired) electrons. The third kappa shape index (κ3) is 6.92. The molecule has 2 saturated heterocycles. The molecule has 274 valence electrons. The van der Waals surface area contributed by atoms with Gasteiger partial charge in [-0.2, -0.15) is 0 Å². The molecule has 0 aliphatic carbocycles. The second-order valence-electron chi connectivity index (χ2n) is 15.0. The number of fused-ring (bicyclic) bond motifs is 1. The normalized spacial score (nSPS) is 18.9. The summed E-state index contributed by atoms with van der Waals surface area (Å²) < 4.78 is 11.0. The van der Waals surface area contributed by atoms with Crippen molar-refractivity contribution in [3.05, 3.63) is 71.8 Å². The number of amides is 3. The van der Waals surface area contributed by atoms with Gasteiger partial charge in [-0.05, 0) is 54.2 Å². The average Bonchev–Trinajstić information content (AvgIpc) is 3.98. The highest BCUT2D eigenvalue weighted by Gasteiger charge is 2.40. The largest absolute Gasteiger partial charge is 0.491 e. The number of nitrogens with zero attached hydrogens (tertiary/aromatic N) is 3. The second kappa shape index (κ2) is 14.9. The molecule has 0 bridgehead atoms. The van der Waals surface area contributed by atoms with Crippen LogP contribution < -0.4 is 10.1 Å². The highest BCUT2D eigenvalue weighted by molar-refractivity contribution is 5.87. The number of imidazole rings is 1. The van der Waals surface area contributed by atoms with Crippen LogP contribution >= 0.6 is 0 Å². The van der Waals surface area contributed by atoms with Crippen molar-refractivity contribution in [1.29, 1.82) is 0 Å².